The van der Waals surface area contributed by atoms with E-state index in [4.69, 9.17) is 0 Å². The smallest absolute Gasteiger partial charge is 0.125 e. The molecular weight excluding hydrogens is 203 g/mol. The second-order valence-corrected chi connectivity index (χ2v) is 4.76. The fourth-order valence-electron chi connectivity index (χ4n) is 2.11. The van der Waals surface area contributed by atoms with E-state index in [0.29, 0.717) is 5.92 Å². The summed E-state index contributed by atoms with van der Waals surface area (Å²) in [6.07, 6.45) is 0. The van der Waals surface area contributed by atoms with Crippen LogP contribution in [-0.2, 0) is 0 Å². The molecular formula is C13H19FN2. The number of anilines is 1. The van der Waals surface area contributed by atoms with Crippen molar-refractivity contribution in [2.75, 3.05) is 31.6 Å². The van der Waals surface area contributed by atoms with Crippen molar-refractivity contribution < 1.29 is 4.39 Å². The van der Waals surface area contributed by atoms with E-state index in [2.05, 4.69) is 17.1 Å². The molecule has 1 saturated heterocycles. The summed E-state index contributed by atoms with van der Waals surface area (Å²) in [5.74, 6) is 1.26. The predicted octanol–water partition coefficient (Wildman–Crippen LogP) is 2.12. The Hall–Kier alpha value is -1.09. The van der Waals surface area contributed by atoms with Crippen LogP contribution in [0.2, 0.25) is 0 Å². The first-order valence-electron chi connectivity index (χ1n) is 5.84. The van der Waals surface area contributed by atoms with Crippen LogP contribution in [-0.4, -0.2) is 26.7 Å². The molecule has 1 aliphatic heterocycles. The third-order valence-corrected chi connectivity index (χ3v) is 3.43. The lowest BCUT2D eigenvalue weighted by molar-refractivity contribution is 0.252. The van der Waals surface area contributed by atoms with Crippen molar-refractivity contribution in [1.82, 2.24) is 5.32 Å². The fraction of sp³-hybridized carbons (Fsp3) is 0.538. The van der Waals surface area contributed by atoms with Crippen LogP contribution < -0.4 is 10.2 Å². The summed E-state index contributed by atoms with van der Waals surface area (Å²) < 4.78 is 13.1. The van der Waals surface area contributed by atoms with Crippen LogP contribution in [0.5, 0.6) is 0 Å². The Morgan fingerprint density at radius 1 is 1.50 bits per heavy atom. The molecule has 1 aromatic carbocycles. The van der Waals surface area contributed by atoms with Crippen molar-refractivity contribution in [2.24, 2.45) is 11.8 Å². The van der Waals surface area contributed by atoms with Gasteiger partial charge in [0.2, 0.25) is 0 Å². The molecule has 1 aromatic rings. The van der Waals surface area contributed by atoms with E-state index in [9.17, 15) is 4.39 Å². The summed E-state index contributed by atoms with van der Waals surface area (Å²) in [7, 11) is 2.03. The Bertz CT molecular complexity index is 350. The third kappa shape index (κ3) is 2.53. The van der Waals surface area contributed by atoms with Gasteiger partial charge < -0.3 is 10.2 Å². The topological polar surface area (TPSA) is 15.3 Å². The van der Waals surface area contributed by atoms with Gasteiger partial charge in [-0.3, -0.25) is 0 Å². The summed E-state index contributed by atoms with van der Waals surface area (Å²) in [6.45, 7) is 5.49. The highest BCUT2D eigenvalue weighted by atomic mass is 19.1. The summed E-state index contributed by atoms with van der Waals surface area (Å²) >= 11 is 0. The minimum absolute atomic E-state index is 0.165. The number of benzene rings is 1. The predicted molar refractivity (Wildman–Crippen MR) is 65.2 cm³/mol. The third-order valence-electron chi connectivity index (χ3n) is 3.43. The van der Waals surface area contributed by atoms with E-state index in [0.717, 1.165) is 31.2 Å². The number of halogens is 1. The number of hydrogen-bond acceptors (Lipinski definition) is 2. The Kier molecular flexibility index (Phi) is 3.44. The van der Waals surface area contributed by atoms with Crippen LogP contribution in [0.3, 0.4) is 0 Å². The maximum Gasteiger partial charge on any atom is 0.125 e. The van der Waals surface area contributed by atoms with Crippen molar-refractivity contribution in [3.63, 3.8) is 0 Å². The Morgan fingerprint density at radius 3 is 2.81 bits per heavy atom. The van der Waals surface area contributed by atoms with E-state index >= 15 is 0 Å². The van der Waals surface area contributed by atoms with E-state index in [1.807, 2.05) is 13.1 Å². The highest BCUT2D eigenvalue weighted by molar-refractivity contribution is 5.45. The number of nitrogens with one attached hydrogen (secondary N) is 1. The van der Waals surface area contributed by atoms with Gasteiger partial charge in [-0.2, -0.15) is 0 Å². The molecule has 0 amide bonds. The summed E-state index contributed by atoms with van der Waals surface area (Å²) in [5, 5.41) is 3.29. The first kappa shape index (κ1) is 11.4. The Balaban J connectivity index is 1.93. The van der Waals surface area contributed by atoms with Crippen LogP contribution in [0.15, 0.2) is 24.3 Å². The molecule has 2 nitrogen and oxygen atoms in total. The molecule has 1 unspecified atom stereocenters. The molecule has 0 radical (unpaired) electrons. The van der Waals surface area contributed by atoms with E-state index < -0.39 is 0 Å². The molecule has 88 valence electrons. The second kappa shape index (κ2) is 4.83. The molecule has 2 rings (SSSR count). The minimum atomic E-state index is -0.165. The van der Waals surface area contributed by atoms with Crippen LogP contribution in [0.1, 0.15) is 6.92 Å². The average molecular weight is 222 g/mol. The average Bonchev–Trinajstić information content (AvgIpc) is 2.14. The van der Waals surface area contributed by atoms with Gasteiger partial charge in [0.25, 0.3) is 0 Å². The molecule has 0 aliphatic carbocycles. The molecule has 3 heteroatoms. The van der Waals surface area contributed by atoms with E-state index in [-0.39, 0.29) is 5.82 Å². The molecule has 0 saturated carbocycles. The SMILES string of the molecule is CC(CN(C)c1cccc(F)c1)C1CNC1. The summed E-state index contributed by atoms with van der Waals surface area (Å²) in [5.41, 5.74) is 0.958. The number of hydrogen-bond donors (Lipinski definition) is 1. The van der Waals surface area contributed by atoms with Gasteiger partial charge in [0, 0.05) is 19.3 Å². The lowest BCUT2D eigenvalue weighted by Gasteiger charge is -2.35. The summed E-state index contributed by atoms with van der Waals surface area (Å²) in [6, 6.07) is 6.79. The van der Waals surface area contributed by atoms with Crippen molar-refractivity contribution in [2.45, 2.75) is 6.92 Å². The van der Waals surface area contributed by atoms with E-state index in [1.54, 1.807) is 12.1 Å². The molecule has 1 N–H and O–H groups in total. The van der Waals surface area contributed by atoms with Crippen LogP contribution in [0, 0.1) is 17.7 Å². The quantitative estimate of drug-likeness (QED) is 0.839. The zero-order valence-corrected chi connectivity index (χ0v) is 9.91. The van der Waals surface area contributed by atoms with Gasteiger partial charge >= 0.3 is 0 Å². The van der Waals surface area contributed by atoms with Crippen molar-refractivity contribution >= 4 is 5.69 Å². The van der Waals surface area contributed by atoms with Crippen molar-refractivity contribution in [3.05, 3.63) is 30.1 Å². The van der Waals surface area contributed by atoms with E-state index in [1.165, 1.54) is 6.07 Å². The molecule has 1 fully saturated rings. The van der Waals surface area contributed by atoms with Gasteiger partial charge in [-0.1, -0.05) is 13.0 Å². The summed E-state index contributed by atoms with van der Waals surface area (Å²) in [4.78, 5) is 2.13. The highest BCUT2D eigenvalue weighted by Gasteiger charge is 2.24. The largest absolute Gasteiger partial charge is 0.374 e. The van der Waals surface area contributed by atoms with Gasteiger partial charge in [-0.25, -0.2) is 4.39 Å². The van der Waals surface area contributed by atoms with Crippen molar-refractivity contribution in [1.29, 1.82) is 0 Å². The number of rotatable bonds is 4. The zero-order valence-electron chi connectivity index (χ0n) is 9.91. The minimum Gasteiger partial charge on any atom is -0.374 e. The van der Waals surface area contributed by atoms with Crippen molar-refractivity contribution in [3.8, 4) is 0 Å². The highest BCUT2D eigenvalue weighted by Crippen LogP contribution is 2.20. The molecule has 1 heterocycles. The lowest BCUT2D eigenvalue weighted by atomic mass is 9.88. The maximum atomic E-state index is 13.1. The van der Waals surface area contributed by atoms with Gasteiger partial charge in [0.1, 0.15) is 5.82 Å². The molecule has 1 atom stereocenters. The molecule has 0 aromatic heterocycles. The first-order valence-corrected chi connectivity index (χ1v) is 5.84. The first-order chi connectivity index (χ1) is 7.66. The normalized spacial score (nSPS) is 17.9. The monoisotopic (exact) mass is 222 g/mol. The Labute approximate surface area is 96.5 Å². The van der Waals surface area contributed by atoms with Crippen LogP contribution in [0.25, 0.3) is 0 Å². The molecule has 1 aliphatic rings. The second-order valence-electron chi connectivity index (χ2n) is 4.76. The fourth-order valence-corrected chi connectivity index (χ4v) is 2.11. The number of nitrogens with zero attached hydrogens (tertiary/aromatic N) is 1. The lowest BCUT2D eigenvalue weighted by Crippen LogP contribution is -2.47. The van der Waals surface area contributed by atoms with Crippen LogP contribution in [0.4, 0.5) is 10.1 Å². The van der Waals surface area contributed by atoms with Gasteiger partial charge in [0.05, 0.1) is 0 Å². The molecule has 0 spiro atoms. The van der Waals surface area contributed by atoms with Gasteiger partial charge in [0.15, 0.2) is 0 Å². The standard InChI is InChI=1S/C13H19FN2/c1-10(11-7-15-8-11)9-16(2)13-5-3-4-12(14)6-13/h3-6,10-11,15H,7-9H2,1-2H3. The van der Waals surface area contributed by atoms with Crippen LogP contribution >= 0.6 is 0 Å². The Morgan fingerprint density at radius 2 is 2.25 bits per heavy atom. The molecule has 16 heavy (non-hydrogen) atoms. The maximum absolute atomic E-state index is 13.1. The molecule has 0 bridgehead atoms. The zero-order chi connectivity index (χ0) is 11.5. The van der Waals surface area contributed by atoms with Gasteiger partial charge in [-0.05, 0) is 43.1 Å². The van der Waals surface area contributed by atoms with Gasteiger partial charge in [-0.15, -0.1) is 0 Å².